The second kappa shape index (κ2) is 15.6. The van der Waals surface area contributed by atoms with Crippen LogP contribution in [0.25, 0.3) is 0 Å². The number of nitrogens with zero attached hydrogens (tertiary/aromatic N) is 5. The van der Waals surface area contributed by atoms with Crippen LogP contribution < -0.4 is 0 Å². The molecular formula is C23H53N5. The topological polar surface area (TPSA) is 16.2 Å². The van der Waals surface area contributed by atoms with E-state index in [1.54, 1.807) is 0 Å². The Morgan fingerprint density at radius 1 is 0.571 bits per heavy atom. The maximum Gasteiger partial charge on any atom is 0.156 e. The van der Waals surface area contributed by atoms with Crippen LogP contribution in [0.5, 0.6) is 0 Å². The first-order valence-corrected chi connectivity index (χ1v) is 12.0. The first kappa shape index (κ1) is 27.8. The average Bonchev–Trinajstić information content (AvgIpc) is 2.67. The monoisotopic (exact) mass is 399 g/mol. The van der Waals surface area contributed by atoms with E-state index < -0.39 is 0 Å². The maximum absolute atomic E-state index is 2.75. The zero-order valence-corrected chi connectivity index (χ0v) is 20.9. The Morgan fingerprint density at radius 2 is 1.04 bits per heavy atom. The highest BCUT2D eigenvalue weighted by atomic mass is 15.8. The van der Waals surface area contributed by atoms with Crippen molar-refractivity contribution < 1.29 is 0 Å². The molecule has 0 saturated heterocycles. The summed E-state index contributed by atoms with van der Waals surface area (Å²) in [5.41, 5.74) is 0. The molecule has 0 heterocycles. The maximum atomic E-state index is 2.75. The van der Waals surface area contributed by atoms with E-state index in [9.17, 15) is 0 Å². The molecule has 0 bridgehead atoms. The largest absolute Gasteiger partial charge is 0.305 e. The van der Waals surface area contributed by atoms with Gasteiger partial charge in [0, 0.05) is 39.8 Å². The molecule has 0 fully saturated rings. The van der Waals surface area contributed by atoms with E-state index >= 15 is 0 Å². The number of rotatable bonds is 18. The van der Waals surface area contributed by atoms with E-state index in [1.807, 2.05) is 0 Å². The number of likely N-dealkylation sites (N-methyl/N-ethyl adjacent to an activating group) is 3. The molecule has 0 aliphatic heterocycles. The van der Waals surface area contributed by atoms with E-state index in [1.165, 1.54) is 38.5 Å². The molecule has 0 amide bonds. The second-order valence-corrected chi connectivity index (χ2v) is 8.36. The normalized spacial score (nSPS) is 14.8. The molecule has 0 rings (SSSR count). The molecule has 0 radical (unpaired) electrons. The lowest BCUT2D eigenvalue weighted by molar-refractivity contribution is -0.243. The zero-order valence-electron chi connectivity index (χ0n) is 20.9. The molecule has 0 aromatic heterocycles. The van der Waals surface area contributed by atoms with Crippen molar-refractivity contribution in [3.8, 4) is 0 Å². The summed E-state index contributed by atoms with van der Waals surface area (Å²) >= 11 is 0. The lowest BCUT2D eigenvalue weighted by Gasteiger charge is -2.58. The minimum atomic E-state index is -0.111. The molecule has 0 spiro atoms. The summed E-state index contributed by atoms with van der Waals surface area (Å²) in [6, 6.07) is 0. The number of unbranched alkanes of at least 4 members (excludes halogenated alkanes) is 2. The molecule has 0 aliphatic carbocycles. The first-order chi connectivity index (χ1) is 13.4. The third-order valence-electron chi connectivity index (χ3n) is 5.77. The van der Waals surface area contributed by atoms with E-state index in [0.29, 0.717) is 0 Å². The van der Waals surface area contributed by atoms with E-state index in [0.717, 1.165) is 45.8 Å². The second-order valence-electron chi connectivity index (χ2n) is 8.36. The highest BCUT2D eigenvalue weighted by Crippen LogP contribution is 2.28. The van der Waals surface area contributed by atoms with Crippen molar-refractivity contribution in [2.24, 2.45) is 0 Å². The molecule has 0 aromatic carbocycles. The van der Waals surface area contributed by atoms with Crippen LogP contribution in [0.1, 0.15) is 80.1 Å². The van der Waals surface area contributed by atoms with Crippen LogP contribution in [0, 0.1) is 0 Å². The van der Waals surface area contributed by atoms with Crippen LogP contribution >= 0.6 is 0 Å². The Labute approximate surface area is 178 Å². The van der Waals surface area contributed by atoms with Gasteiger partial charge in [0.25, 0.3) is 0 Å². The van der Waals surface area contributed by atoms with Crippen molar-refractivity contribution in [3.05, 3.63) is 0 Å². The predicted molar refractivity (Wildman–Crippen MR) is 126 cm³/mol. The van der Waals surface area contributed by atoms with Gasteiger partial charge in [-0.05, 0) is 52.9 Å². The summed E-state index contributed by atoms with van der Waals surface area (Å²) < 4.78 is 0. The Bertz CT molecular complexity index is 345. The van der Waals surface area contributed by atoms with E-state index in [4.69, 9.17) is 0 Å². The lowest BCUT2D eigenvalue weighted by atomic mass is 10.1. The molecule has 170 valence electrons. The van der Waals surface area contributed by atoms with Gasteiger partial charge >= 0.3 is 0 Å². The molecule has 28 heavy (non-hydrogen) atoms. The predicted octanol–water partition coefficient (Wildman–Crippen LogP) is 4.41. The number of hydrazine groups is 1. The molecule has 5 heteroatoms. The van der Waals surface area contributed by atoms with Gasteiger partial charge in [0.2, 0.25) is 0 Å². The SMILES string of the molecule is CCCCN(CCCC)N(C)C(CN(C)C)(N(CC)CC)N(CCC)CCC. The summed E-state index contributed by atoms with van der Waals surface area (Å²) in [6.45, 7) is 21.6. The van der Waals surface area contributed by atoms with Gasteiger partial charge in [-0.15, -0.1) is 0 Å². The van der Waals surface area contributed by atoms with Crippen molar-refractivity contribution in [3.63, 3.8) is 0 Å². The van der Waals surface area contributed by atoms with E-state index in [2.05, 4.69) is 87.4 Å². The molecule has 0 aromatic rings. The van der Waals surface area contributed by atoms with Crippen LogP contribution in [0.3, 0.4) is 0 Å². The third kappa shape index (κ3) is 7.91. The summed E-state index contributed by atoms with van der Waals surface area (Å²) in [5, 5.41) is 5.27. The Balaban J connectivity index is 6.26. The molecule has 5 nitrogen and oxygen atoms in total. The minimum Gasteiger partial charge on any atom is -0.305 e. The highest BCUT2D eigenvalue weighted by molar-refractivity contribution is 4.91. The van der Waals surface area contributed by atoms with Crippen molar-refractivity contribution in [1.29, 1.82) is 0 Å². The first-order valence-electron chi connectivity index (χ1n) is 12.0. The fourth-order valence-corrected chi connectivity index (χ4v) is 4.40. The minimum absolute atomic E-state index is 0.111. The molecule has 1 atom stereocenters. The Hall–Kier alpha value is -0.200. The summed E-state index contributed by atoms with van der Waals surface area (Å²) in [4.78, 5) is 7.82. The zero-order chi connectivity index (χ0) is 21.6. The van der Waals surface area contributed by atoms with Crippen LogP contribution in [0.15, 0.2) is 0 Å². The van der Waals surface area contributed by atoms with Crippen molar-refractivity contribution >= 4 is 0 Å². The smallest absolute Gasteiger partial charge is 0.156 e. The summed E-state index contributed by atoms with van der Waals surface area (Å²) in [6.07, 6.45) is 7.38. The van der Waals surface area contributed by atoms with Crippen LogP contribution in [-0.4, -0.2) is 97.5 Å². The van der Waals surface area contributed by atoms with Crippen molar-refractivity contribution in [2.75, 3.05) is 67.0 Å². The highest BCUT2D eigenvalue weighted by Gasteiger charge is 2.46. The summed E-state index contributed by atoms with van der Waals surface area (Å²) in [7, 11) is 6.81. The van der Waals surface area contributed by atoms with Gasteiger partial charge in [-0.25, -0.2) is 10.0 Å². The summed E-state index contributed by atoms with van der Waals surface area (Å²) in [5.74, 6) is -0.111. The van der Waals surface area contributed by atoms with Gasteiger partial charge in [0.15, 0.2) is 5.79 Å². The van der Waals surface area contributed by atoms with Crippen LogP contribution in [0.4, 0.5) is 0 Å². The van der Waals surface area contributed by atoms with Crippen LogP contribution in [0.2, 0.25) is 0 Å². The number of hydrogen-bond acceptors (Lipinski definition) is 5. The Morgan fingerprint density at radius 3 is 1.36 bits per heavy atom. The average molecular weight is 400 g/mol. The quantitative estimate of drug-likeness (QED) is 0.250. The molecular weight excluding hydrogens is 346 g/mol. The standard InChI is InChI=1S/C23H53N5/c1-10-16-20-28(21-17-11-2)25(9)23(22-24(7)8,26(14-5)15-6)27(18-12-3)19-13-4/h10-22H2,1-9H3. The Kier molecular flexibility index (Phi) is 15.5. The molecule has 1 unspecified atom stereocenters. The van der Waals surface area contributed by atoms with Gasteiger partial charge in [-0.3, -0.25) is 9.80 Å². The van der Waals surface area contributed by atoms with Gasteiger partial charge in [0.05, 0.1) is 0 Å². The third-order valence-corrected chi connectivity index (χ3v) is 5.77. The fourth-order valence-electron chi connectivity index (χ4n) is 4.40. The van der Waals surface area contributed by atoms with Crippen molar-refractivity contribution in [1.82, 2.24) is 24.7 Å². The van der Waals surface area contributed by atoms with E-state index in [-0.39, 0.29) is 5.79 Å². The van der Waals surface area contributed by atoms with Gasteiger partial charge in [-0.1, -0.05) is 54.4 Å². The van der Waals surface area contributed by atoms with Crippen LogP contribution in [-0.2, 0) is 0 Å². The molecule has 0 saturated carbocycles. The molecule has 0 aliphatic rings. The van der Waals surface area contributed by atoms with Gasteiger partial charge in [-0.2, -0.15) is 0 Å². The number of hydrogen-bond donors (Lipinski definition) is 0. The molecule has 0 N–H and O–H groups in total. The van der Waals surface area contributed by atoms with Gasteiger partial charge in [0.1, 0.15) is 0 Å². The van der Waals surface area contributed by atoms with Gasteiger partial charge < -0.3 is 4.90 Å². The fraction of sp³-hybridized carbons (Fsp3) is 1.00. The lowest BCUT2D eigenvalue weighted by Crippen LogP contribution is -2.75. The van der Waals surface area contributed by atoms with Crippen molar-refractivity contribution in [2.45, 2.75) is 85.9 Å².